The van der Waals surface area contributed by atoms with Crippen LogP contribution in [0.5, 0.6) is 0 Å². The second-order valence-corrected chi connectivity index (χ2v) is 4.31. The van der Waals surface area contributed by atoms with E-state index in [1.54, 1.807) is 0 Å². The molecule has 0 unspecified atom stereocenters. The highest BCUT2D eigenvalue weighted by Crippen LogP contribution is 2.33. The van der Waals surface area contributed by atoms with Gasteiger partial charge in [0.25, 0.3) is 5.69 Å². The third-order valence-corrected chi connectivity index (χ3v) is 2.90. The van der Waals surface area contributed by atoms with E-state index in [1.807, 2.05) is 13.0 Å². The average molecular weight is 243 g/mol. The second kappa shape index (κ2) is 5.01. The molecule has 0 aliphatic rings. The van der Waals surface area contributed by atoms with E-state index in [1.165, 1.54) is 23.9 Å². The first-order valence-corrected chi connectivity index (χ1v) is 5.47. The fourth-order valence-corrected chi connectivity index (χ4v) is 2.11. The fraction of sp³-hybridized carbons (Fsp3) is 0.222. The molecule has 78 valence electrons. The molecule has 0 aromatic heterocycles. The van der Waals surface area contributed by atoms with Crippen molar-refractivity contribution >= 4 is 29.1 Å². The van der Waals surface area contributed by atoms with Gasteiger partial charge in [0, 0.05) is 6.07 Å². The lowest BCUT2D eigenvalue weighted by molar-refractivity contribution is -0.387. The Bertz CT molecular complexity index is 442. The highest BCUT2D eigenvalue weighted by atomic mass is 35.5. The molecule has 0 bridgehead atoms. The van der Waals surface area contributed by atoms with Gasteiger partial charge in [0.2, 0.25) is 0 Å². The molecule has 0 amide bonds. The minimum atomic E-state index is -0.505. The first-order valence-electron chi connectivity index (χ1n) is 4.11. The molecule has 1 aromatic rings. The normalized spacial score (nSPS) is 9.67. The van der Waals surface area contributed by atoms with Crippen LogP contribution in [0, 0.1) is 21.4 Å². The van der Waals surface area contributed by atoms with E-state index in [4.69, 9.17) is 16.9 Å². The second-order valence-electron chi connectivity index (χ2n) is 2.60. The van der Waals surface area contributed by atoms with E-state index >= 15 is 0 Å². The van der Waals surface area contributed by atoms with Gasteiger partial charge in [-0.05, 0) is 11.8 Å². The quantitative estimate of drug-likeness (QED) is 0.464. The highest BCUT2D eigenvalue weighted by molar-refractivity contribution is 7.99. The predicted molar refractivity (Wildman–Crippen MR) is 59.2 cm³/mol. The number of nitriles is 1. The van der Waals surface area contributed by atoms with Crippen molar-refractivity contribution < 1.29 is 4.92 Å². The molecule has 1 rings (SSSR count). The van der Waals surface area contributed by atoms with Crippen LogP contribution in [0.3, 0.4) is 0 Å². The summed E-state index contributed by atoms with van der Waals surface area (Å²) in [6.07, 6.45) is 0. The maximum Gasteiger partial charge on any atom is 0.284 e. The molecule has 0 saturated carbocycles. The van der Waals surface area contributed by atoms with E-state index in [-0.39, 0.29) is 16.3 Å². The Balaban J connectivity index is 3.33. The van der Waals surface area contributed by atoms with Crippen molar-refractivity contribution in [3.63, 3.8) is 0 Å². The van der Waals surface area contributed by atoms with Crippen molar-refractivity contribution in [1.82, 2.24) is 0 Å². The van der Waals surface area contributed by atoms with Gasteiger partial charge in [0.05, 0.1) is 20.4 Å². The van der Waals surface area contributed by atoms with Crippen molar-refractivity contribution in [1.29, 1.82) is 5.26 Å². The zero-order chi connectivity index (χ0) is 11.4. The number of rotatable bonds is 3. The van der Waals surface area contributed by atoms with E-state index in [2.05, 4.69) is 0 Å². The van der Waals surface area contributed by atoms with Gasteiger partial charge in [-0.1, -0.05) is 18.5 Å². The lowest BCUT2D eigenvalue weighted by Gasteiger charge is -2.02. The van der Waals surface area contributed by atoms with Crippen molar-refractivity contribution in [3.05, 3.63) is 32.8 Å². The number of nitrogens with zero attached hydrogens (tertiary/aromatic N) is 2. The van der Waals surface area contributed by atoms with Gasteiger partial charge in [-0.2, -0.15) is 5.26 Å². The van der Waals surface area contributed by atoms with Crippen LogP contribution in [-0.4, -0.2) is 10.7 Å². The number of nitro benzene ring substituents is 1. The molecule has 0 aliphatic carbocycles. The van der Waals surface area contributed by atoms with Crippen LogP contribution < -0.4 is 0 Å². The highest BCUT2D eigenvalue weighted by Gasteiger charge is 2.17. The minimum Gasteiger partial charge on any atom is -0.258 e. The summed E-state index contributed by atoms with van der Waals surface area (Å²) in [7, 11) is 0. The van der Waals surface area contributed by atoms with E-state index in [9.17, 15) is 10.1 Å². The van der Waals surface area contributed by atoms with Crippen LogP contribution in [0.15, 0.2) is 17.0 Å². The van der Waals surface area contributed by atoms with Gasteiger partial charge >= 0.3 is 0 Å². The van der Waals surface area contributed by atoms with Gasteiger partial charge in [-0.15, -0.1) is 11.8 Å². The Morgan fingerprint density at radius 1 is 1.67 bits per heavy atom. The number of nitro groups is 1. The zero-order valence-corrected chi connectivity index (χ0v) is 9.43. The summed E-state index contributed by atoms with van der Waals surface area (Å²) in [5, 5.41) is 19.6. The molecular weight excluding hydrogens is 236 g/mol. The molecule has 6 heteroatoms. The fourth-order valence-electron chi connectivity index (χ4n) is 1.04. The average Bonchev–Trinajstić information content (AvgIpc) is 2.18. The Kier molecular flexibility index (Phi) is 3.95. The molecule has 0 fully saturated rings. The molecule has 0 radical (unpaired) electrons. The largest absolute Gasteiger partial charge is 0.284 e. The van der Waals surface area contributed by atoms with Crippen LogP contribution in [-0.2, 0) is 0 Å². The maximum absolute atomic E-state index is 10.7. The third-order valence-electron chi connectivity index (χ3n) is 1.67. The number of halogens is 1. The Hall–Kier alpha value is -1.25. The van der Waals surface area contributed by atoms with Crippen LogP contribution in [0.2, 0.25) is 5.02 Å². The topological polar surface area (TPSA) is 66.9 Å². The molecule has 0 atom stereocenters. The van der Waals surface area contributed by atoms with Gasteiger partial charge in [-0.3, -0.25) is 10.1 Å². The van der Waals surface area contributed by atoms with E-state index in [0.29, 0.717) is 10.6 Å². The molecule has 1 aromatic carbocycles. The summed E-state index contributed by atoms with van der Waals surface area (Å²) in [5.74, 6) is 0.711. The lowest BCUT2D eigenvalue weighted by atomic mass is 10.2. The molecular formula is C9H7ClN2O2S. The van der Waals surface area contributed by atoms with Gasteiger partial charge in [0.15, 0.2) is 0 Å². The molecule has 0 aliphatic heterocycles. The van der Waals surface area contributed by atoms with Crippen molar-refractivity contribution in [2.75, 3.05) is 5.75 Å². The van der Waals surface area contributed by atoms with Crippen molar-refractivity contribution in [3.8, 4) is 6.07 Å². The Morgan fingerprint density at radius 2 is 2.33 bits per heavy atom. The molecule has 0 saturated heterocycles. The third kappa shape index (κ3) is 2.61. The standard InChI is InChI=1S/C9H7ClN2O2S/c1-2-15-9-4-7(10)6(5-11)3-8(9)12(13)14/h3-4H,2H2,1H3. The number of benzene rings is 1. The smallest absolute Gasteiger partial charge is 0.258 e. The summed E-state index contributed by atoms with van der Waals surface area (Å²) >= 11 is 7.11. The zero-order valence-electron chi connectivity index (χ0n) is 7.86. The predicted octanol–water partition coefficient (Wildman–Crippen LogP) is 3.23. The summed E-state index contributed by atoms with van der Waals surface area (Å²) in [6.45, 7) is 1.89. The summed E-state index contributed by atoms with van der Waals surface area (Å²) in [5.41, 5.74) is 0.0617. The molecule has 15 heavy (non-hydrogen) atoms. The summed E-state index contributed by atoms with van der Waals surface area (Å²) in [6, 6.07) is 4.49. The van der Waals surface area contributed by atoms with Crippen LogP contribution in [0.4, 0.5) is 5.69 Å². The van der Waals surface area contributed by atoms with Crippen molar-refractivity contribution in [2.45, 2.75) is 11.8 Å². The lowest BCUT2D eigenvalue weighted by Crippen LogP contribution is -1.93. The maximum atomic E-state index is 10.7. The van der Waals surface area contributed by atoms with Crippen LogP contribution in [0.25, 0.3) is 0 Å². The van der Waals surface area contributed by atoms with Gasteiger partial charge in [-0.25, -0.2) is 0 Å². The van der Waals surface area contributed by atoms with Crippen LogP contribution >= 0.6 is 23.4 Å². The number of hydrogen-bond acceptors (Lipinski definition) is 4. The van der Waals surface area contributed by atoms with Crippen LogP contribution in [0.1, 0.15) is 12.5 Å². The van der Waals surface area contributed by atoms with E-state index in [0.717, 1.165) is 0 Å². The number of thioether (sulfide) groups is 1. The Morgan fingerprint density at radius 3 is 2.80 bits per heavy atom. The first-order chi connectivity index (χ1) is 7.10. The van der Waals surface area contributed by atoms with Crippen molar-refractivity contribution in [2.24, 2.45) is 0 Å². The number of hydrogen-bond donors (Lipinski definition) is 0. The monoisotopic (exact) mass is 242 g/mol. The SMILES string of the molecule is CCSc1cc(Cl)c(C#N)cc1[N+](=O)[O-]. The van der Waals surface area contributed by atoms with Gasteiger partial charge in [0.1, 0.15) is 6.07 Å². The van der Waals surface area contributed by atoms with Gasteiger partial charge < -0.3 is 0 Å². The van der Waals surface area contributed by atoms with E-state index < -0.39 is 4.92 Å². The molecule has 0 heterocycles. The Labute approximate surface area is 96.0 Å². The molecule has 0 spiro atoms. The first kappa shape index (κ1) is 11.8. The molecule has 4 nitrogen and oxygen atoms in total. The molecule has 0 N–H and O–H groups in total. The summed E-state index contributed by atoms with van der Waals surface area (Å²) in [4.78, 5) is 10.7. The minimum absolute atomic E-state index is 0.0669. The summed E-state index contributed by atoms with van der Waals surface area (Å²) < 4.78 is 0.